The second-order valence-electron chi connectivity index (χ2n) is 4.57. The third-order valence-electron chi connectivity index (χ3n) is 2.99. The summed E-state index contributed by atoms with van der Waals surface area (Å²) >= 11 is 0. The van der Waals surface area contributed by atoms with Crippen molar-refractivity contribution in [1.82, 2.24) is 4.90 Å². The van der Waals surface area contributed by atoms with E-state index in [1.165, 1.54) is 4.90 Å². The van der Waals surface area contributed by atoms with Crippen LogP contribution in [0.3, 0.4) is 0 Å². The van der Waals surface area contributed by atoms with Crippen LogP contribution < -0.4 is 4.74 Å². The number of rotatable bonds is 5. The summed E-state index contributed by atoms with van der Waals surface area (Å²) in [6, 6.07) is 18.5. The lowest BCUT2D eigenvalue weighted by molar-refractivity contribution is 0.0798. The average Bonchev–Trinajstić information content (AvgIpc) is 2.53. The van der Waals surface area contributed by atoms with Gasteiger partial charge in [0.05, 0.1) is 12.5 Å². The average molecular weight is 280 g/mol. The molecule has 0 aliphatic heterocycles. The van der Waals surface area contributed by atoms with E-state index in [0.717, 1.165) is 5.75 Å². The second-order valence-corrected chi connectivity index (χ2v) is 4.57. The molecule has 4 nitrogen and oxygen atoms in total. The van der Waals surface area contributed by atoms with Crippen LogP contribution in [0.2, 0.25) is 0 Å². The molecule has 0 unspecified atom stereocenters. The Morgan fingerprint density at radius 1 is 1.10 bits per heavy atom. The number of para-hydroxylation sites is 1. The highest BCUT2D eigenvalue weighted by molar-refractivity contribution is 5.94. The number of amides is 1. The van der Waals surface area contributed by atoms with Crippen LogP contribution in [0.1, 0.15) is 16.8 Å². The Kier molecular flexibility index (Phi) is 4.94. The van der Waals surface area contributed by atoms with Crippen molar-refractivity contribution in [3.05, 3.63) is 60.2 Å². The summed E-state index contributed by atoms with van der Waals surface area (Å²) in [4.78, 5) is 13.6. The first-order valence-electron chi connectivity index (χ1n) is 6.66. The molecule has 0 saturated carbocycles. The number of benzene rings is 2. The first kappa shape index (κ1) is 14.6. The molecule has 0 aromatic heterocycles. The molecule has 21 heavy (non-hydrogen) atoms. The molecule has 0 radical (unpaired) electrons. The van der Waals surface area contributed by atoms with Crippen LogP contribution in [-0.2, 0) is 0 Å². The number of carbonyl (C=O) groups is 1. The Morgan fingerprint density at radius 2 is 1.71 bits per heavy atom. The first-order valence-corrected chi connectivity index (χ1v) is 6.66. The smallest absolute Gasteiger partial charge is 0.253 e. The second kappa shape index (κ2) is 7.11. The highest BCUT2D eigenvalue weighted by Crippen LogP contribution is 2.21. The monoisotopic (exact) mass is 280 g/mol. The maximum Gasteiger partial charge on any atom is 0.253 e. The fourth-order valence-corrected chi connectivity index (χ4v) is 1.83. The van der Waals surface area contributed by atoms with Gasteiger partial charge < -0.3 is 9.64 Å². The van der Waals surface area contributed by atoms with Crippen molar-refractivity contribution in [3.63, 3.8) is 0 Å². The lowest BCUT2D eigenvalue weighted by Crippen LogP contribution is -2.27. The topological polar surface area (TPSA) is 53.3 Å². The van der Waals surface area contributed by atoms with Crippen LogP contribution in [0.25, 0.3) is 0 Å². The van der Waals surface area contributed by atoms with Gasteiger partial charge in [0, 0.05) is 19.2 Å². The summed E-state index contributed by atoms with van der Waals surface area (Å²) < 4.78 is 5.67. The largest absolute Gasteiger partial charge is 0.457 e. The zero-order valence-electron chi connectivity index (χ0n) is 11.8. The molecule has 2 rings (SSSR count). The standard InChI is InChI=1S/C17H16N2O2/c1-19(13-5-12-18)17(20)14-8-10-16(11-9-14)21-15-6-3-2-4-7-15/h2-4,6-11H,5,13H2,1H3. The maximum absolute atomic E-state index is 12.1. The van der Waals surface area contributed by atoms with Crippen molar-refractivity contribution in [3.8, 4) is 17.6 Å². The fourth-order valence-electron chi connectivity index (χ4n) is 1.83. The van der Waals surface area contributed by atoms with Crippen molar-refractivity contribution < 1.29 is 9.53 Å². The number of nitrogens with zero attached hydrogens (tertiary/aromatic N) is 2. The fraction of sp³-hybridized carbons (Fsp3) is 0.176. The summed E-state index contributed by atoms with van der Waals surface area (Å²) in [6.45, 7) is 0.428. The van der Waals surface area contributed by atoms with Gasteiger partial charge in [-0.15, -0.1) is 0 Å². The SMILES string of the molecule is CN(CCC#N)C(=O)c1ccc(Oc2ccccc2)cc1. The third-order valence-corrected chi connectivity index (χ3v) is 2.99. The van der Waals surface area contributed by atoms with E-state index in [2.05, 4.69) is 0 Å². The van der Waals surface area contributed by atoms with Gasteiger partial charge in [0.25, 0.3) is 5.91 Å². The summed E-state index contributed by atoms with van der Waals surface area (Å²) in [6.07, 6.45) is 0.331. The molecule has 0 atom stereocenters. The molecular weight excluding hydrogens is 264 g/mol. The molecule has 0 spiro atoms. The summed E-state index contributed by atoms with van der Waals surface area (Å²) in [5, 5.41) is 8.54. The van der Waals surface area contributed by atoms with Gasteiger partial charge in [0.1, 0.15) is 11.5 Å². The molecule has 0 N–H and O–H groups in total. The molecule has 2 aromatic carbocycles. The number of hydrogen-bond acceptors (Lipinski definition) is 3. The van der Waals surface area contributed by atoms with Gasteiger partial charge >= 0.3 is 0 Å². The van der Waals surface area contributed by atoms with Crippen molar-refractivity contribution in [2.45, 2.75) is 6.42 Å². The normalized spacial score (nSPS) is 9.71. The predicted octanol–water partition coefficient (Wildman–Crippen LogP) is 3.46. The Labute approximate surface area is 124 Å². The Hall–Kier alpha value is -2.80. The Bertz CT molecular complexity index is 630. The molecule has 0 saturated heterocycles. The van der Waals surface area contributed by atoms with Crippen molar-refractivity contribution in [2.75, 3.05) is 13.6 Å². The van der Waals surface area contributed by atoms with E-state index < -0.39 is 0 Å². The quantitative estimate of drug-likeness (QED) is 0.842. The van der Waals surface area contributed by atoms with Crippen LogP contribution in [0, 0.1) is 11.3 Å². The van der Waals surface area contributed by atoms with Crippen LogP contribution in [0.4, 0.5) is 0 Å². The maximum atomic E-state index is 12.1. The molecule has 1 amide bonds. The summed E-state index contributed by atoms with van der Waals surface area (Å²) in [5.41, 5.74) is 0.579. The molecule has 0 fully saturated rings. The summed E-state index contributed by atoms with van der Waals surface area (Å²) in [7, 11) is 1.69. The highest BCUT2D eigenvalue weighted by Gasteiger charge is 2.11. The molecule has 0 aliphatic rings. The highest BCUT2D eigenvalue weighted by atomic mass is 16.5. The predicted molar refractivity (Wildman–Crippen MR) is 80.1 cm³/mol. The minimum atomic E-state index is -0.100. The van der Waals surface area contributed by atoms with E-state index in [4.69, 9.17) is 10.00 Å². The van der Waals surface area contributed by atoms with E-state index >= 15 is 0 Å². The van der Waals surface area contributed by atoms with Crippen LogP contribution in [-0.4, -0.2) is 24.4 Å². The number of carbonyl (C=O) groups excluding carboxylic acids is 1. The van der Waals surface area contributed by atoms with Gasteiger partial charge in [-0.3, -0.25) is 4.79 Å². The van der Waals surface area contributed by atoms with Crippen molar-refractivity contribution >= 4 is 5.91 Å². The van der Waals surface area contributed by atoms with E-state index in [1.807, 2.05) is 36.4 Å². The first-order chi connectivity index (χ1) is 10.2. The lowest BCUT2D eigenvalue weighted by Gasteiger charge is -2.15. The van der Waals surface area contributed by atoms with Gasteiger partial charge in [0.15, 0.2) is 0 Å². The van der Waals surface area contributed by atoms with Crippen LogP contribution >= 0.6 is 0 Å². The van der Waals surface area contributed by atoms with Crippen LogP contribution in [0.5, 0.6) is 11.5 Å². The zero-order valence-corrected chi connectivity index (χ0v) is 11.8. The van der Waals surface area contributed by atoms with Gasteiger partial charge in [0.2, 0.25) is 0 Å². The zero-order chi connectivity index (χ0) is 15.1. The molecule has 0 heterocycles. The molecule has 106 valence electrons. The summed E-state index contributed by atoms with van der Waals surface area (Å²) in [5.74, 6) is 1.33. The van der Waals surface area contributed by atoms with E-state index in [-0.39, 0.29) is 5.91 Å². The lowest BCUT2D eigenvalue weighted by atomic mass is 10.2. The minimum Gasteiger partial charge on any atom is -0.457 e. The van der Waals surface area contributed by atoms with E-state index in [0.29, 0.717) is 24.3 Å². The van der Waals surface area contributed by atoms with Gasteiger partial charge in [-0.05, 0) is 36.4 Å². The molecule has 0 aliphatic carbocycles. The Balaban J connectivity index is 2.02. The Morgan fingerprint density at radius 3 is 2.33 bits per heavy atom. The van der Waals surface area contributed by atoms with Crippen molar-refractivity contribution in [2.24, 2.45) is 0 Å². The third kappa shape index (κ3) is 4.08. The molecule has 2 aromatic rings. The number of nitriles is 1. The van der Waals surface area contributed by atoms with E-state index in [1.54, 1.807) is 31.3 Å². The van der Waals surface area contributed by atoms with Gasteiger partial charge in [-0.1, -0.05) is 18.2 Å². The molecule has 4 heteroatoms. The number of hydrogen-bond donors (Lipinski definition) is 0. The number of ether oxygens (including phenoxy) is 1. The van der Waals surface area contributed by atoms with Gasteiger partial charge in [-0.2, -0.15) is 5.26 Å². The van der Waals surface area contributed by atoms with Crippen LogP contribution in [0.15, 0.2) is 54.6 Å². The van der Waals surface area contributed by atoms with Gasteiger partial charge in [-0.25, -0.2) is 0 Å². The van der Waals surface area contributed by atoms with Crippen molar-refractivity contribution in [1.29, 1.82) is 5.26 Å². The molecular formula is C17H16N2O2. The minimum absolute atomic E-state index is 0.100. The van der Waals surface area contributed by atoms with E-state index in [9.17, 15) is 4.79 Å². The molecule has 0 bridgehead atoms.